The van der Waals surface area contributed by atoms with Gasteiger partial charge in [-0.05, 0) is 57.0 Å². The Morgan fingerprint density at radius 3 is 2.78 bits per heavy atom. The van der Waals surface area contributed by atoms with E-state index >= 15 is 0 Å². The number of hydrogen-bond donors (Lipinski definition) is 1. The Kier molecular flexibility index (Phi) is 3.32. The largest absolute Gasteiger partial charge is 0.488 e. The van der Waals surface area contributed by atoms with E-state index in [2.05, 4.69) is 0 Å². The fraction of sp³-hybridized carbons (Fsp3) is 0.571. The zero-order chi connectivity index (χ0) is 13.4. The highest BCUT2D eigenvalue weighted by Gasteiger charge is 2.33. The Hall–Kier alpha value is -1.16. The summed E-state index contributed by atoms with van der Waals surface area (Å²) in [5.74, 6) is -2.13. The zero-order valence-corrected chi connectivity index (χ0v) is 10.8. The van der Waals surface area contributed by atoms with Gasteiger partial charge in [-0.2, -0.15) is 0 Å². The number of fused-ring (bicyclic) bond motifs is 1. The van der Waals surface area contributed by atoms with Crippen LogP contribution in [0.4, 0.5) is 8.78 Å². The minimum Gasteiger partial charge on any atom is -0.488 e. The maximum atomic E-state index is 13.8. The number of benzene rings is 1. The predicted molar refractivity (Wildman–Crippen MR) is 67.0 cm³/mol. The van der Waals surface area contributed by atoms with Crippen LogP contribution in [0.25, 0.3) is 0 Å². The molecule has 0 amide bonds. The summed E-state index contributed by atoms with van der Waals surface area (Å²) >= 11 is 0. The van der Waals surface area contributed by atoms with Gasteiger partial charge in [-0.1, -0.05) is 0 Å². The van der Waals surface area contributed by atoms with Gasteiger partial charge in [-0.25, -0.2) is 8.78 Å². The van der Waals surface area contributed by atoms with E-state index in [1.807, 2.05) is 13.8 Å². The molecule has 0 spiro atoms. The van der Waals surface area contributed by atoms with Crippen LogP contribution in [0.5, 0.6) is 5.75 Å². The van der Waals surface area contributed by atoms with E-state index in [1.54, 1.807) is 12.1 Å². The molecule has 0 aliphatic carbocycles. The van der Waals surface area contributed by atoms with Crippen molar-refractivity contribution in [1.29, 1.82) is 0 Å². The van der Waals surface area contributed by atoms with Crippen molar-refractivity contribution >= 4 is 0 Å². The second kappa shape index (κ2) is 4.50. The predicted octanol–water partition coefficient (Wildman–Crippen LogP) is 3.23. The van der Waals surface area contributed by atoms with E-state index in [-0.39, 0.29) is 24.1 Å². The molecule has 2 rings (SSSR count). The van der Waals surface area contributed by atoms with E-state index in [9.17, 15) is 8.78 Å². The van der Waals surface area contributed by atoms with E-state index in [0.29, 0.717) is 0 Å². The maximum Gasteiger partial charge on any atom is 0.274 e. The first-order valence-corrected chi connectivity index (χ1v) is 6.24. The first-order valence-electron chi connectivity index (χ1n) is 6.24. The normalized spacial score (nSPS) is 18.1. The van der Waals surface area contributed by atoms with Gasteiger partial charge in [-0.3, -0.25) is 0 Å². The van der Waals surface area contributed by atoms with Crippen molar-refractivity contribution in [3.05, 3.63) is 29.3 Å². The number of alkyl halides is 2. The molecule has 1 heterocycles. The van der Waals surface area contributed by atoms with Gasteiger partial charge in [-0.15, -0.1) is 0 Å². The second-order valence-electron chi connectivity index (χ2n) is 5.43. The summed E-state index contributed by atoms with van der Waals surface area (Å²) in [6.07, 6.45) is 1.29. The number of hydrogen-bond acceptors (Lipinski definition) is 2. The summed E-state index contributed by atoms with van der Waals surface area (Å²) in [6.45, 7) is 3.99. The third-order valence-electron chi connectivity index (χ3n) is 3.32. The van der Waals surface area contributed by atoms with Crippen molar-refractivity contribution in [2.24, 2.45) is 5.73 Å². The van der Waals surface area contributed by atoms with E-state index < -0.39 is 5.92 Å². The van der Waals surface area contributed by atoms with Crippen LogP contribution in [0.15, 0.2) is 18.2 Å². The van der Waals surface area contributed by atoms with Crippen LogP contribution in [0, 0.1) is 0 Å². The molecule has 0 atom stereocenters. The summed E-state index contributed by atoms with van der Waals surface area (Å²) in [6, 6.07) is 4.64. The fourth-order valence-electron chi connectivity index (χ4n) is 2.21. The molecule has 1 aliphatic heterocycles. The van der Waals surface area contributed by atoms with E-state index in [1.165, 1.54) is 6.07 Å². The Morgan fingerprint density at radius 1 is 1.39 bits per heavy atom. The number of halogens is 2. The van der Waals surface area contributed by atoms with Crippen LogP contribution < -0.4 is 10.5 Å². The minimum absolute atomic E-state index is 0.0202. The molecule has 100 valence electrons. The molecule has 0 aromatic heterocycles. The molecule has 1 aromatic carbocycles. The summed E-state index contributed by atoms with van der Waals surface area (Å²) < 4.78 is 33.3. The molecule has 0 unspecified atom stereocenters. The van der Waals surface area contributed by atoms with Gasteiger partial charge in [0.1, 0.15) is 11.4 Å². The van der Waals surface area contributed by atoms with Crippen molar-refractivity contribution in [3.63, 3.8) is 0 Å². The number of rotatable bonds is 3. The van der Waals surface area contributed by atoms with Gasteiger partial charge in [0.2, 0.25) is 0 Å². The standard InChI is InChI=1S/C14H19F2NO/c1-13(2)6-5-10-9-11(3-4-12(10)18-13)14(15,16)7-8-17/h3-4,9H,5-8,17H2,1-2H3. The SMILES string of the molecule is CC1(C)CCc2cc(C(F)(F)CCN)ccc2O1. The molecule has 0 radical (unpaired) electrons. The first kappa shape index (κ1) is 13.3. The van der Waals surface area contributed by atoms with Gasteiger partial charge in [0.15, 0.2) is 0 Å². The van der Waals surface area contributed by atoms with Crippen molar-refractivity contribution in [2.45, 2.75) is 44.6 Å². The lowest BCUT2D eigenvalue weighted by molar-refractivity contribution is -0.0110. The highest BCUT2D eigenvalue weighted by Crippen LogP contribution is 2.38. The Bertz CT molecular complexity index is 443. The van der Waals surface area contributed by atoms with Gasteiger partial charge in [0, 0.05) is 12.0 Å². The summed E-state index contributed by atoms with van der Waals surface area (Å²) in [7, 11) is 0. The highest BCUT2D eigenvalue weighted by molar-refractivity contribution is 5.40. The van der Waals surface area contributed by atoms with Crippen LogP contribution in [-0.2, 0) is 12.3 Å². The Labute approximate surface area is 106 Å². The molecule has 4 heteroatoms. The number of aryl methyl sites for hydroxylation is 1. The maximum absolute atomic E-state index is 13.8. The lowest BCUT2D eigenvalue weighted by Crippen LogP contribution is -2.32. The summed E-state index contributed by atoms with van der Waals surface area (Å²) in [5, 5.41) is 0. The number of ether oxygens (including phenoxy) is 1. The molecular weight excluding hydrogens is 236 g/mol. The van der Waals surface area contributed by atoms with Gasteiger partial charge in [0.25, 0.3) is 5.92 Å². The first-order chi connectivity index (χ1) is 8.34. The molecule has 1 aliphatic rings. The summed E-state index contributed by atoms with van der Waals surface area (Å²) in [5.41, 5.74) is 5.91. The average Bonchev–Trinajstić information content (AvgIpc) is 2.27. The molecule has 0 saturated carbocycles. The monoisotopic (exact) mass is 255 g/mol. The van der Waals surface area contributed by atoms with Crippen molar-refractivity contribution < 1.29 is 13.5 Å². The zero-order valence-electron chi connectivity index (χ0n) is 10.8. The van der Waals surface area contributed by atoms with Crippen LogP contribution in [0.1, 0.15) is 37.8 Å². The molecule has 0 saturated heterocycles. The molecule has 0 bridgehead atoms. The molecule has 18 heavy (non-hydrogen) atoms. The highest BCUT2D eigenvalue weighted by atomic mass is 19.3. The topological polar surface area (TPSA) is 35.2 Å². The number of nitrogens with two attached hydrogens (primary N) is 1. The fourth-order valence-corrected chi connectivity index (χ4v) is 2.21. The molecule has 2 nitrogen and oxygen atoms in total. The van der Waals surface area contributed by atoms with Gasteiger partial charge >= 0.3 is 0 Å². The minimum atomic E-state index is -2.85. The van der Waals surface area contributed by atoms with Gasteiger partial charge in [0.05, 0.1) is 0 Å². The van der Waals surface area contributed by atoms with E-state index in [4.69, 9.17) is 10.5 Å². The molecule has 0 fully saturated rings. The smallest absolute Gasteiger partial charge is 0.274 e. The third-order valence-corrected chi connectivity index (χ3v) is 3.32. The molecule has 1 aromatic rings. The van der Waals surface area contributed by atoms with Crippen LogP contribution >= 0.6 is 0 Å². The van der Waals surface area contributed by atoms with Crippen LogP contribution in [0.2, 0.25) is 0 Å². The quantitative estimate of drug-likeness (QED) is 0.900. The van der Waals surface area contributed by atoms with Crippen molar-refractivity contribution in [1.82, 2.24) is 0 Å². The second-order valence-corrected chi connectivity index (χ2v) is 5.43. The van der Waals surface area contributed by atoms with E-state index in [0.717, 1.165) is 24.2 Å². The Morgan fingerprint density at radius 2 is 2.11 bits per heavy atom. The van der Waals surface area contributed by atoms with Crippen LogP contribution in [-0.4, -0.2) is 12.1 Å². The summed E-state index contributed by atoms with van der Waals surface area (Å²) in [4.78, 5) is 0. The Balaban J connectivity index is 2.29. The van der Waals surface area contributed by atoms with Gasteiger partial charge < -0.3 is 10.5 Å². The molecular formula is C14H19F2NO. The lowest BCUT2D eigenvalue weighted by atomic mass is 9.92. The molecule has 2 N–H and O–H groups in total. The van der Waals surface area contributed by atoms with Crippen molar-refractivity contribution in [2.75, 3.05) is 6.54 Å². The lowest BCUT2D eigenvalue weighted by Gasteiger charge is -2.33. The third kappa shape index (κ3) is 2.64. The van der Waals surface area contributed by atoms with Crippen molar-refractivity contribution in [3.8, 4) is 5.75 Å². The average molecular weight is 255 g/mol. The van der Waals surface area contributed by atoms with Crippen LogP contribution in [0.3, 0.4) is 0 Å².